The molecule has 0 atom stereocenters. The molecule has 150 valence electrons. The van der Waals surface area contributed by atoms with Crippen LogP contribution < -0.4 is 15.7 Å². The van der Waals surface area contributed by atoms with E-state index < -0.39 is 36.0 Å². The molecule has 1 amide bonds. The molecule has 0 unspecified atom stereocenters. The first-order chi connectivity index (χ1) is 13.2. The van der Waals surface area contributed by atoms with Gasteiger partial charge in [0.2, 0.25) is 11.8 Å². The van der Waals surface area contributed by atoms with Crippen LogP contribution in [-0.2, 0) is 0 Å². The van der Waals surface area contributed by atoms with Gasteiger partial charge in [-0.05, 0) is 31.0 Å². The van der Waals surface area contributed by atoms with Gasteiger partial charge in [-0.15, -0.1) is 0 Å². The van der Waals surface area contributed by atoms with Crippen molar-refractivity contribution >= 4 is 17.5 Å². The molecule has 1 aliphatic rings. The first kappa shape index (κ1) is 20.2. The minimum atomic E-state index is -2.78. The van der Waals surface area contributed by atoms with E-state index in [0.29, 0.717) is 0 Å². The molecule has 7 nitrogen and oxygen atoms in total. The van der Waals surface area contributed by atoms with Crippen LogP contribution in [-0.4, -0.2) is 39.1 Å². The van der Waals surface area contributed by atoms with Crippen LogP contribution in [0, 0.1) is 0 Å². The summed E-state index contributed by atoms with van der Waals surface area (Å²) in [6.45, 7) is -0.166. The van der Waals surface area contributed by atoms with Gasteiger partial charge in [0.05, 0.1) is 16.2 Å². The molecular weight excluding hydrogens is 396 g/mol. The first-order valence-electron chi connectivity index (χ1n) is 8.57. The maximum Gasteiger partial charge on any atom is 0.347 e. The molecule has 1 fully saturated rings. The molecule has 28 heavy (non-hydrogen) atoms. The van der Waals surface area contributed by atoms with E-state index in [9.17, 15) is 23.5 Å². The van der Waals surface area contributed by atoms with Gasteiger partial charge >= 0.3 is 5.69 Å². The molecule has 10 heteroatoms. The highest BCUT2D eigenvalue weighted by Crippen LogP contribution is 2.38. The van der Waals surface area contributed by atoms with Crippen molar-refractivity contribution in [1.82, 2.24) is 15.3 Å². The molecule has 1 aliphatic carbocycles. The summed E-state index contributed by atoms with van der Waals surface area (Å²) >= 11 is 6.07. The van der Waals surface area contributed by atoms with E-state index >= 15 is 0 Å². The lowest BCUT2D eigenvalue weighted by Crippen LogP contribution is -2.47. The Hall–Kier alpha value is -2.52. The number of nitrogens with one attached hydrogen (secondary N) is 2. The molecule has 3 N–H and O–H groups in total. The predicted molar refractivity (Wildman–Crippen MR) is 97.1 cm³/mol. The van der Waals surface area contributed by atoms with Crippen LogP contribution in [0.1, 0.15) is 36.0 Å². The number of carbonyl (C=O) groups is 1. The molecule has 0 saturated heterocycles. The monoisotopic (exact) mass is 413 g/mol. The lowest BCUT2D eigenvalue weighted by molar-refractivity contribution is -0.101. The Bertz CT molecular complexity index is 925. The third-order valence-corrected chi connectivity index (χ3v) is 4.88. The molecule has 0 radical (unpaired) electrons. The number of aliphatic hydroxyl groups is 1. The molecular formula is C18H18ClF2N3O4. The number of hydrogen-bond donors (Lipinski definition) is 3. The minimum absolute atomic E-state index is 0.0836. The molecule has 3 rings (SSSR count). The van der Waals surface area contributed by atoms with E-state index in [2.05, 4.69) is 15.3 Å². The Morgan fingerprint density at radius 1 is 1.29 bits per heavy atom. The summed E-state index contributed by atoms with van der Waals surface area (Å²) in [5.41, 5.74) is -1.88. The van der Waals surface area contributed by atoms with Gasteiger partial charge in [0.25, 0.3) is 5.91 Å². The second-order valence-corrected chi connectivity index (χ2v) is 7.15. The van der Waals surface area contributed by atoms with Crippen molar-refractivity contribution in [2.75, 3.05) is 6.54 Å². The van der Waals surface area contributed by atoms with Crippen molar-refractivity contribution in [3.05, 3.63) is 51.5 Å². The first-order valence-corrected chi connectivity index (χ1v) is 8.95. The molecule has 1 heterocycles. The van der Waals surface area contributed by atoms with E-state index in [4.69, 9.17) is 16.3 Å². The van der Waals surface area contributed by atoms with Gasteiger partial charge in [-0.1, -0.05) is 11.6 Å². The van der Waals surface area contributed by atoms with Gasteiger partial charge in [0, 0.05) is 31.6 Å². The largest absolute Gasteiger partial charge is 0.441 e. The van der Waals surface area contributed by atoms with Crippen LogP contribution in [0.4, 0.5) is 8.78 Å². The van der Waals surface area contributed by atoms with E-state index in [-0.39, 0.29) is 41.6 Å². The average Bonchev–Trinajstić information content (AvgIpc) is 2.64. The number of amides is 1. The van der Waals surface area contributed by atoms with Crippen molar-refractivity contribution < 1.29 is 23.4 Å². The third-order valence-electron chi connectivity index (χ3n) is 4.55. The number of benzene rings is 1. The fourth-order valence-electron chi connectivity index (χ4n) is 2.88. The zero-order valence-corrected chi connectivity index (χ0v) is 15.4. The highest BCUT2D eigenvalue weighted by molar-refractivity contribution is 6.33. The van der Waals surface area contributed by atoms with Crippen molar-refractivity contribution in [2.24, 2.45) is 0 Å². The molecule has 1 saturated carbocycles. The zero-order valence-electron chi connectivity index (χ0n) is 14.7. The van der Waals surface area contributed by atoms with Crippen LogP contribution in [0.5, 0.6) is 11.6 Å². The standard InChI is InChI=1S/C18H18ClF2N3O4/c19-13-2-1-11(28-14-3-8-22-16(26)24-14)9-12(13)15(25)23-10-17(27)4-6-18(20,21)7-5-17/h1-3,8-9,27H,4-7,10H2,(H,23,25)(H,22,24,26). The number of nitrogens with zero attached hydrogens (tertiary/aromatic N) is 1. The molecule has 0 aliphatic heterocycles. The SMILES string of the molecule is O=C(NCC1(O)CCC(F)(F)CC1)c1cc(Oc2ccnc(=O)[nH]2)ccc1Cl. The third kappa shape index (κ3) is 5.05. The number of halogens is 3. The summed E-state index contributed by atoms with van der Waals surface area (Å²) in [6.07, 6.45) is 0.215. The van der Waals surface area contributed by atoms with Crippen LogP contribution in [0.2, 0.25) is 5.02 Å². The van der Waals surface area contributed by atoms with Crippen LogP contribution in [0.15, 0.2) is 35.3 Å². The Kier molecular flexibility index (Phi) is 5.66. The van der Waals surface area contributed by atoms with E-state index in [1.807, 2.05) is 0 Å². The quantitative estimate of drug-likeness (QED) is 0.699. The number of alkyl halides is 2. The van der Waals surface area contributed by atoms with Gasteiger partial charge in [-0.2, -0.15) is 0 Å². The second kappa shape index (κ2) is 7.84. The van der Waals surface area contributed by atoms with Gasteiger partial charge < -0.3 is 15.2 Å². The minimum Gasteiger partial charge on any atom is -0.441 e. The number of aromatic amines is 1. The number of H-pyrrole nitrogens is 1. The van der Waals surface area contributed by atoms with Crippen LogP contribution >= 0.6 is 11.6 Å². The highest BCUT2D eigenvalue weighted by Gasteiger charge is 2.42. The summed E-state index contributed by atoms with van der Waals surface area (Å²) in [6, 6.07) is 5.76. The Balaban J connectivity index is 1.67. The normalized spacial score (nSPS) is 17.7. The van der Waals surface area contributed by atoms with Crippen molar-refractivity contribution in [1.29, 1.82) is 0 Å². The van der Waals surface area contributed by atoms with Gasteiger partial charge in [-0.3, -0.25) is 9.78 Å². The zero-order chi connectivity index (χ0) is 20.4. The smallest absolute Gasteiger partial charge is 0.347 e. The second-order valence-electron chi connectivity index (χ2n) is 6.75. The molecule has 1 aromatic heterocycles. The van der Waals surface area contributed by atoms with Crippen molar-refractivity contribution in [3.8, 4) is 11.6 Å². The van der Waals surface area contributed by atoms with Gasteiger partial charge in [0.1, 0.15) is 5.75 Å². The van der Waals surface area contributed by atoms with E-state index in [1.54, 1.807) is 0 Å². The van der Waals surface area contributed by atoms with Crippen LogP contribution in [0.25, 0.3) is 0 Å². The topological polar surface area (TPSA) is 104 Å². The fraction of sp³-hybridized carbons (Fsp3) is 0.389. The number of aromatic nitrogens is 2. The Morgan fingerprint density at radius 2 is 2.00 bits per heavy atom. The number of ether oxygens (including phenoxy) is 1. The molecule has 0 spiro atoms. The van der Waals surface area contributed by atoms with E-state index in [1.165, 1.54) is 30.5 Å². The van der Waals surface area contributed by atoms with Crippen molar-refractivity contribution in [3.63, 3.8) is 0 Å². The van der Waals surface area contributed by atoms with E-state index in [0.717, 1.165) is 0 Å². The summed E-state index contributed by atoms with van der Waals surface area (Å²) < 4.78 is 32.0. The van der Waals surface area contributed by atoms with Crippen LogP contribution in [0.3, 0.4) is 0 Å². The lowest BCUT2D eigenvalue weighted by Gasteiger charge is -2.35. The Labute approximate surface area is 163 Å². The maximum atomic E-state index is 13.3. The molecule has 0 bridgehead atoms. The highest BCUT2D eigenvalue weighted by atomic mass is 35.5. The predicted octanol–water partition coefficient (Wildman–Crippen LogP) is 2.89. The summed E-state index contributed by atoms with van der Waals surface area (Å²) in [4.78, 5) is 29.5. The summed E-state index contributed by atoms with van der Waals surface area (Å²) in [7, 11) is 0. The number of carbonyl (C=O) groups excluding carboxylic acids is 1. The lowest BCUT2D eigenvalue weighted by atomic mass is 9.82. The summed E-state index contributed by atoms with van der Waals surface area (Å²) in [5, 5.41) is 13.1. The van der Waals surface area contributed by atoms with Crippen molar-refractivity contribution in [2.45, 2.75) is 37.2 Å². The van der Waals surface area contributed by atoms with Gasteiger partial charge in [0.15, 0.2) is 0 Å². The molecule has 1 aromatic carbocycles. The Morgan fingerprint density at radius 3 is 2.68 bits per heavy atom. The fourth-order valence-corrected chi connectivity index (χ4v) is 3.08. The average molecular weight is 414 g/mol. The number of hydrogen-bond acceptors (Lipinski definition) is 5. The van der Waals surface area contributed by atoms with Gasteiger partial charge in [-0.25, -0.2) is 18.6 Å². The number of rotatable bonds is 5. The maximum absolute atomic E-state index is 13.3. The summed E-state index contributed by atoms with van der Waals surface area (Å²) in [5.74, 6) is -2.98. The molecule has 2 aromatic rings.